The third-order valence-electron chi connectivity index (χ3n) is 4.51. The first kappa shape index (κ1) is 18.0. The molecule has 0 radical (unpaired) electrons. The van der Waals surface area contributed by atoms with Crippen LogP contribution in [0.5, 0.6) is 11.5 Å². The average molecular weight is 399 g/mol. The van der Waals surface area contributed by atoms with Gasteiger partial charge in [0.1, 0.15) is 0 Å². The molecule has 2 fully saturated rings. The molecule has 0 bridgehead atoms. The van der Waals surface area contributed by atoms with Gasteiger partial charge >= 0.3 is 0 Å². The topological polar surface area (TPSA) is 43.0 Å². The molecule has 1 aromatic rings. The Morgan fingerprint density at radius 2 is 2.21 bits per heavy atom. The summed E-state index contributed by atoms with van der Waals surface area (Å²) < 4.78 is 17.9. The molecule has 5 nitrogen and oxygen atoms in total. The maximum absolute atomic E-state index is 5.89. The molecule has 0 aromatic heterocycles. The minimum atomic E-state index is 0.285. The summed E-state index contributed by atoms with van der Waals surface area (Å²) in [7, 11) is 1.67. The molecule has 0 amide bonds. The van der Waals surface area contributed by atoms with Crippen LogP contribution in [0, 0.1) is 0 Å². The largest absolute Gasteiger partial charge is 0.493 e. The second-order valence-corrected chi connectivity index (χ2v) is 7.25. The van der Waals surface area contributed by atoms with E-state index in [0.29, 0.717) is 6.61 Å². The maximum Gasteiger partial charge on any atom is 0.175 e. The van der Waals surface area contributed by atoms with Crippen molar-refractivity contribution in [2.24, 2.45) is 0 Å². The molecule has 1 heterocycles. The van der Waals surface area contributed by atoms with E-state index < -0.39 is 0 Å². The zero-order valence-electron chi connectivity index (χ0n) is 14.5. The van der Waals surface area contributed by atoms with E-state index >= 15 is 0 Å². The second-order valence-electron chi connectivity index (χ2n) is 6.39. The van der Waals surface area contributed by atoms with E-state index in [-0.39, 0.29) is 6.10 Å². The lowest BCUT2D eigenvalue weighted by molar-refractivity contribution is -0.0301. The number of methoxy groups -OCH3 is 1. The highest BCUT2D eigenvalue weighted by atomic mass is 79.9. The summed E-state index contributed by atoms with van der Waals surface area (Å²) in [5, 5.41) is 3.51. The van der Waals surface area contributed by atoms with Gasteiger partial charge in [0.05, 0.1) is 30.9 Å². The molecule has 1 unspecified atom stereocenters. The first-order chi connectivity index (χ1) is 11.7. The normalized spacial score (nSPS) is 21.7. The van der Waals surface area contributed by atoms with Crippen LogP contribution in [0.1, 0.15) is 25.3 Å². The molecular weight excluding hydrogens is 372 g/mol. The van der Waals surface area contributed by atoms with Gasteiger partial charge in [-0.3, -0.25) is 4.90 Å². The second kappa shape index (κ2) is 8.52. The number of rotatable bonds is 8. The fourth-order valence-corrected chi connectivity index (χ4v) is 3.78. The Morgan fingerprint density at radius 1 is 1.38 bits per heavy atom. The molecule has 0 spiro atoms. The van der Waals surface area contributed by atoms with Crippen LogP contribution in [-0.4, -0.2) is 57.0 Å². The zero-order valence-corrected chi connectivity index (χ0v) is 16.1. The van der Waals surface area contributed by atoms with Gasteiger partial charge in [-0.15, -0.1) is 0 Å². The van der Waals surface area contributed by atoms with Gasteiger partial charge in [0.15, 0.2) is 11.5 Å². The van der Waals surface area contributed by atoms with Crippen LogP contribution < -0.4 is 14.8 Å². The van der Waals surface area contributed by atoms with Crippen molar-refractivity contribution in [2.45, 2.75) is 38.5 Å². The highest BCUT2D eigenvalue weighted by Gasteiger charge is 2.32. The van der Waals surface area contributed by atoms with E-state index in [4.69, 9.17) is 14.2 Å². The van der Waals surface area contributed by atoms with Gasteiger partial charge < -0.3 is 19.5 Å². The Hall–Kier alpha value is -0.820. The van der Waals surface area contributed by atoms with Crippen molar-refractivity contribution >= 4 is 15.9 Å². The van der Waals surface area contributed by atoms with E-state index in [2.05, 4.69) is 32.2 Å². The molecule has 1 aliphatic heterocycles. The van der Waals surface area contributed by atoms with Crippen molar-refractivity contribution in [3.05, 3.63) is 22.2 Å². The van der Waals surface area contributed by atoms with Crippen molar-refractivity contribution in [1.29, 1.82) is 0 Å². The molecular formula is C18H27BrN2O3. The Balaban J connectivity index is 1.51. The summed E-state index contributed by atoms with van der Waals surface area (Å²) in [6, 6.07) is 4.93. The summed E-state index contributed by atoms with van der Waals surface area (Å²) in [5.41, 5.74) is 1.16. The first-order valence-corrected chi connectivity index (χ1v) is 9.56. The molecule has 1 saturated carbocycles. The molecule has 1 aliphatic carbocycles. The number of nitrogens with zero attached hydrogens (tertiary/aromatic N) is 1. The SMILES string of the molecule is CCOc1c(Br)cc(CNCC2CN(C3CC3)CCO2)cc1OC. The van der Waals surface area contributed by atoms with Crippen molar-refractivity contribution in [1.82, 2.24) is 10.2 Å². The molecule has 134 valence electrons. The summed E-state index contributed by atoms with van der Waals surface area (Å²) in [6.07, 6.45) is 3.01. The van der Waals surface area contributed by atoms with E-state index in [0.717, 1.165) is 60.4 Å². The number of benzene rings is 1. The number of hydrogen-bond donors (Lipinski definition) is 1. The smallest absolute Gasteiger partial charge is 0.175 e. The third-order valence-corrected chi connectivity index (χ3v) is 5.10. The maximum atomic E-state index is 5.89. The summed E-state index contributed by atoms with van der Waals surface area (Å²) >= 11 is 3.57. The molecule has 24 heavy (non-hydrogen) atoms. The lowest BCUT2D eigenvalue weighted by Gasteiger charge is -2.33. The predicted molar refractivity (Wildman–Crippen MR) is 97.9 cm³/mol. The van der Waals surface area contributed by atoms with E-state index in [1.54, 1.807) is 7.11 Å². The summed E-state index contributed by atoms with van der Waals surface area (Å²) in [4.78, 5) is 2.58. The first-order valence-electron chi connectivity index (χ1n) is 8.76. The Morgan fingerprint density at radius 3 is 2.92 bits per heavy atom. The van der Waals surface area contributed by atoms with Gasteiger partial charge in [-0.1, -0.05) is 0 Å². The van der Waals surface area contributed by atoms with E-state index in [1.165, 1.54) is 12.8 Å². The van der Waals surface area contributed by atoms with Crippen molar-refractivity contribution in [3.63, 3.8) is 0 Å². The molecule has 3 rings (SSSR count). The van der Waals surface area contributed by atoms with Crippen LogP contribution in [0.4, 0.5) is 0 Å². The van der Waals surface area contributed by atoms with Crippen LogP contribution >= 0.6 is 15.9 Å². The van der Waals surface area contributed by atoms with Crippen LogP contribution in [0.15, 0.2) is 16.6 Å². The fraction of sp³-hybridized carbons (Fsp3) is 0.667. The minimum Gasteiger partial charge on any atom is -0.493 e. The quantitative estimate of drug-likeness (QED) is 0.728. The van der Waals surface area contributed by atoms with Crippen LogP contribution in [0.2, 0.25) is 0 Å². The number of hydrogen-bond acceptors (Lipinski definition) is 5. The number of ether oxygens (including phenoxy) is 3. The zero-order chi connectivity index (χ0) is 16.9. The van der Waals surface area contributed by atoms with E-state index in [9.17, 15) is 0 Å². The van der Waals surface area contributed by atoms with Gasteiger partial charge in [0.25, 0.3) is 0 Å². The van der Waals surface area contributed by atoms with Crippen LogP contribution in [-0.2, 0) is 11.3 Å². The third kappa shape index (κ3) is 4.63. The average Bonchev–Trinajstić information content (AvgIpc) is 3.42. The van der Waals surface area contributed by atoms with Crippen molar-refractivity contribution in [2.75, 3.05) is 40.0 Å². The number of halogens is 1. The van der Waals surface area contributed by atoms with Gasteiger partial charge in [0, 0.05) is 32.2 Å². The number of nitrogens with one attached hydrogen (secondary N) is 1. The predicted octanol–water partition coefficient (Wildman–Crippen LogP) is 2.81. The van der Waals surface area contributed by atoms with Gasteiger partial charge in [-0.05, 0) is 53.4 Å². The fourth-order valence-electron chi connectivity index (χ4n) is 3.17. The van der Waals surface area contributed by atoms with Crippen molar-refractivity contribution < 1.29 is 14.2 Å². The Kier molecular flexibility index (Phi) is 6.38. The lowest BCUT2D eigenvalue weighted by atomic mass is 10.2. The van der Waals surface area contributed by atoms with Crippen molar-refractivity contribution in [3.8, 4) is 11.5 Å². The standard InChI is InChI=1S/C18H27BrN2O3/c1-3-23-18-16(19)8-13(9-17(18)22-2)10-20-11-15-12-21(6-7-24-15)14-4-5-14/h8-9,14-15,20H,3-7,10-12H2,1-2H3. The molecule has 1 saturated heterocycles. The minimum absolute atomic E-state index is 0.285. The molecule has 1 aromatic carbocycles. The van der Waals surface area contributed by atoms with Crippen LogP contribution in [0.3, 0.4) is 0 Å². The Labute approximate surface area is 152 Å². The highest BCUT2D eigenvalue weighted by Crippen LogP contribution is 2.36. The van der Waals surface area contributed by atoms with Gasteiger partial charge in [-0.2, -0.15) is 0 Å². The molecule has 1 N–H and O–H groups in total. The number of morpholine rings is 1. The Bertz CT molecular complexity index is 551. The molecule has 2 aliphatic rings. The monoisotopic (exact) mass is 398 g/mol. The van der Waals surface area contributed by atoms with E-state index in [1.807, 2.05) is 13.0 Å². The molecule has 6 heteroatoms. The van der Waals surface area contributed by atoms with Gasteiger partial charge in [-0.25, -0.2) is 0 Å². The summed E-state index contributed by atoms with van der Waals surface area (Å²) in [5.74, 6) is 1.52. The summed E-state index contributed by atoms with van der Waals surface area (Å²) in [6.45, 7) is 7.23. The molecule has 1 atom stereocenters. The van der Waals surface area contributed by atoms with Crippen LogP contribution in [0.25, 0.3) is 0 Å². The lowest BCUT2D eigenvalue weighted by Crippen LogP contribution is -2.47. The highest BCUT2D eigenvalue weighted by molar-refractivity contribution is 9.10. The van der Waals surface area contributed by atoms with Gasteiger partial charge in [0.2, 0.25) is 0 Å².